The van der Waals surface area contributed by atoms with E-state index in [1.807, 2.05) is 31.2 Å². The highest BCUT2D eigenvalue weighted by molar-refractivity contribution is 5.97. The van der Waals surface area contributed by atoms with Crippen LogP contribution in [0.25, 0.3) is 0 Å². The van der Waals surface area contributed by atoms with Crippen LogP contribution >= 0.6 is 0 Å². The van der Waals surface area contributed by atoms with E-state index in [4.69, 9.17) is 0 Å². The zero-order valence-electron chi connectivity index (χ0n) is 10.1. The summed E-state index contributed by atoms with van der Waals surface area (Å²) in [7, 11) is 0. The Kier molecular flexibility index (Phi) is 3.39. The number of hydrogen-bond donors (Lipinski definition) is 0. The molecule has 0 amide bonds. The van der Waals surface area contributed by atoms with Gasteiger partial charge in [-0.05, 0) is 26.3 Å². The van der Waals surface area contributed by atoms with Gasteiger partial charge in [0.05, 0.1) is 6.54 Å². The molecule has 0 unspecified atom stereocenters. The topological polar surface area (TPSA) is 20.3 Å². The van der Waals surface area contributed by atoms with Gasteiger partial charge in [0, 0.05) is 11.6 Å². The van der Waals surface area contributed by atoms with Gasteiger partial charge in [0.2, 0.25) is 0 Å². The molecular formula is C14H19NO. The Labute approximate surface area is 97.3 Å². The molecule has 1 fully saturated rings. The SMILES string of the molecule is CCN(CC(=O)c1ccc(C)cc1)C1CC1. The lowest BCUT2D eigenvalue weighted by Crippen LogP contribution is -2.31. The summed E-state index contributed by atoms with van der Waals surface area (Å²) in [5.41, 5.74) is 2.04. The molecule has 1 aromatic carbocycles. The van der Waals surface area contributed by atoms with E-state index in [1.54, 1.807) is 0 Å². The molecular weight excluding hydrogens is 198 g/mol. The Morgan fingerprint density at radius 1 is 1.31 bits per heavy atom. The Morgan fingerprint density at radius 2 is 1.94 bits per heavy atom. The third-order valence-corrected chi connectivity index (χ3v) is 3.19. The zero-order chi connectivity index (χ0) is 11.5. The minimum atomic E-state index is 0.244. The van der Waals surface area contributed by atoms with Crippen molar-refractivity contribution in [3.05, 3.63) is 35.4 Å². The molecule has 0 bridgehead atoms. The van der Waals surface area contributed by atoms with Gasteiger partial charge >= 0.3 is 0 Å². The van der Waals surface area contributed by atoms with Crippen molar-refractivity contribution >= 4 is 5.78 Å². The van der Waals surface area contributed by atoms with Crippen molar-refractivity contribution in [2.45, 2.75) is 32.7 Å². The number of carbonyl (C=O) groups is 1. The fourth-order valence-corrected chi connectivity index (χ4v) is 1.95. The highest BCUT2D eigenvalue weighted by atomic mass is 16.1. The average molecular weight is 217 g/mol. The van der Waals surface area contributed by atoms with Gasteiger partial charge in [-0.1, -0.05) is 36.8 Å². The summed E-state index contributed by atoms with van der Waals surface area (Å²) < 4.78 is 0. The normalized spacial score (nSPS) is 15.4. The zero-order valence-corrected chi connectivity index (χ0v) is 10.1. The molecule has 1 aromatic rings. The fourth-order valence-electron chi connectivity index (χ4n) is 1.95. The van der Waals surface area contributed by atoms with Gasteiger partial charge in [-0.3, -0.25) is 9.69 Å². The van der Waals surface area contributed by atoms with Crippen molar-refractivity contribution in [2.24, 2.45) is 0 Å². The highest BCUT2D eigenvalue weighted by Crippen LogP contribution is 2.26. The summed E-state index contributed by atoms with van der Waals surface area (Å²) in [6.45, 7) is 5.71. The lowest BCUT2D eigenvalue weighted by Gasteiger charge is -2.18. The molecule has 0 saturated heterocycles. The van der Waals surface area contributed by atoms with Crippen LogP contribution in [0.3, 0.4) is 0 Å². The Hall–Kier alpha value is -1.15. The first-order chi connectivity index (χ1) is 7.70. The summed E-state index contributed by atoms with van der Waals surface area (Å²) in [5, 5.41) is 0. The van der Waals surface area contributed by atoms with E-state index in [0.29, 0.717) is 12.6 Å². The molecule has 16 heavy (non-hydrogen) atoms. The number of hydrogen-bond acceptors (Lipinski definition) is 2. The molecule has 2 heteroatoms. The van der Waals surface area contributed by atoms with Gasteiger partial charge in [0.25, 0.3) is 0 Å². The second-order valence-electron chi connectivity index (χ2n) is 4.58. The first-order valence-corrected chi connectivity index (χ1v) is 6.04. The van der Waals surface area contributed by atoms with Gasteiger partial charge in [-0.25, -0.2) is 0 Å². The molecule has 0 heterocycles. The van der Waals surface area contributed by atoms with Crippen LogP contribution in [0.4, 0.5) is 0 Å². The smallest absolute Gasteiger partial charge is 0.176 e. The van der Waals surface area contributed by atoms with Gasteiger partial charge in [0.15, 0.2) is 5.78 Å². The second kappa shape index (κ2) is 4.79. The van der Waals surface area contributed by atoms with E-state index in [9.17, 15) is 4.79 Å². The standard InChI is InChI=1S/C14H19NO/c1-3-15(13-8-9-13)10-14(16)12-6-4-11(2)5-7-12/h4-7,13H,3,8-10H2,1-2H3. The number of ketones is 1. The number of rotatable bonds is 5. The number of Topliss-reactive ketones (excluding diaryl/α,β-unsaturated/α-hetero) is 1. The van der Waals surface area contributed by atoms with Crippen LogP contribution in [0, 0.1) is 6.92 Å². The Balaban J connectivity index is 1.98. The molecule has 0 aliphatic heterocycles. The van der Waals surface area contributed by atoms with Crippen LogP contribution < -0.4 is 0 Å². The summed E-state index contributed by atoms with van der Waals surface area (Å²) in [6.07, 6.45) is 2.52. The predicted octanol–water partition coefficient (Wildman–Crippen LogP) is 2.66. The average Bonchev–Trinajstić information content (AvgIpc) is 3.10. The molecule has 0 spiro atoms. The minimum Gasteiger partial charge on any atom is -0.293 e. The van der Waals surface area contributed by atoms with Crippen molar-refractivity contribution in [3.63, 3.8) is 0 Å². The van der Waals surface area contributed by atoms with Crippen molar-refractivity contribution in [3.8, 4) is 0 Å². The maximum absolute atomic E-state index is 12.0. The number of aryl methyl sites for hydroxylation is 1. The van der Waals surface area contributed by atoms with E-state index in [-0.39, 0.29) is 5.78 Å². The first kappa shape index (κ1) is 11.3. The van der Waals surface area contributed by atoms with Crippen LogP contribution in [-0.4, -0.2) is 29.8 Å². The lowest BCUT2D eigenvalue weighted by molar-refractivity contribution is 0.0928. The quantitative estimate of drug-likeness (QED) is 0.707. The summed E-state index contributed by atoms with van der Waals surface area (Å²) >= 11 is 0. The molecule has 0 aromatic heterocycles. The molecule has 2 rings (SSSR count). The highest BCUT2D eigenvalue weighted by Gasteiger charge is 2.29. The van der Waals surface area contributed by atoms with Gasteiger partial charge in [0.1, 0.15) is 0 Å². The van der Waals surface area contributed by atoms with Gasteiger partial charge < -0.3 is 0 Å². The van der Waals surface area contributed by atoms with Crippen LogP contribution in [0.15, 0.2) is 24.3 Å². The number of benzene rings is 1. The molecule has 1 saturated carbocycles. The minimum absolute atomic E-state index is 0.244. The monoisotopic (exact) mass is 217 g/mol. The number of nitrogens with zero attached hydrogens (tertiary/aromatic N) is 1. The number of carbonyl (C=O) groups excluding carboxylic acids is 1. The van der Waals surface area contributed by atoms with E-state index < -0.39 is 0 Å². The van der Waals surface area contributed by atoms with Gasteiger partial charge in [-0.2, -0.15) is 0 Å². The molecule has 0 atom stereocenters. The van der Waals surface area contributed by atoms with Crippen LogP contribution in [0.5, 0.6) is 0 Å². The second-order valence-corrected chi connectivity index (χ2v) is 4.58. The maximum atomic E-state index is 12.0. The van der Waals surface area contributed by atoms with Crippen LogP contribution in [0.2, 0.25) is 0 Å². The molecule has 1 aliphatic carbocycles. The molecule has 0 radical (unpaired) electrons. The van der Waals surface area contributed by atoms with E-state index in [2.05, 4.69) is 11.8 Å². The van der Waals surface area contributed by atoms with Crippen molar-refractivity contribution in [2.75, 3.05) is 13.1 Å². The predicted molar refractivity (Wildman–Crippen MR) is 65.8 cm³/mol. The summed E-state index contributed by atoms with van der Waals surface area (Å²) in [4.78, 5) is 14.3. The molecule has 0 N–H and O–H groups in total. The van der Waals surface area contributed by atoms with Crippen molar-refractivity contribution in [1.82, 2.24) is 4.90 Å². The van der Waals surface area contributed by atoms with Crippen molar-refractivity contribution in [1.29, 1.82) is 0 Å². The Bertz CT molecular complexity index is 365. The van der Waals surface area contributed by atoms with Gasteiger partial charge in [-0.15, -0.1) is 0 Å². The fraction of sp³-hybridized carbons (Fsp3) is 0.500. The first-order valence-electron chi connectivity index (χ1n) is 6.04. The third kappa shape index (κ3) is 2.70. The van der Waals surface area contributed by atoms with E-state index in [1.165, 1.54) is 18.4 Å². The maximum Gasteiger partial charge on any atom is 0.176 e. The Morgan fingerprint density at radius 3 is 2.44 bits per heavy atom. The van der Waals surface area contributed by atoms with Crippen molar-refractivity contribution < 1.29 is 4.79 Å². The molecule has 1 aliphatic rings. The van der Waals surface area contributed by atoms with E-state index in [0.717, 1.165) is 12.1 Å². The van der Waals surface area contributed by atoms with E-state index >= 15 is 0 Å². The van der Waals surface area contributed by atoms with Crippen LogP contribution in [0.1, 0.15) is 35.7 Å². The molecule has 2 nitrogen and oxygen atoms in total. The summed E-state index contributed by atoms with van der Waals surface area (Å²) in [5.74, 6) is 0.244. The third-order valence-electron chi connectivity index (χ3n) is 3.19. The molecule has 86 valence electrons. The number of likely N-dealkylation sites (N-methyl/N-ethyl adjacent to an activating group) is 1. The summed E-state index contributed by atoms with van der Waals surface area (Å²) in [6, 6.07) is 8.53. The van der Waals surface area contributed by atoms with Crippen LogP contribution in [-0.2, 0) is 0 Å². The lowest BCUT2D eigenvalue weighted by atomic mass is 10.1. The largest absolute Gasteiger partial charge is 0.293 e.